The largest absolute Gasteiger partial charge is 0.359 e. The first-order valence-corrected chi connectivity index (χ1v) is 12.7. The lowest BCUT2D eigenvalue weighted by Gasteiger charge is -2.18. The molecule has 6 nitrogen and oxygen atoms in total. The number of nitriles is 1. The van der Waals surface area contributed by atoms with Crippen LogP contribution in [0.25, 0.3) is 21.7 Å². The van der Waals surface area contributed by atoms with E-state index in [2.05, 4.69) is 28.0 Å². The van der Waals surface area contributed by atoms with Gasteiger partial charge >= 0.3 is 11.7 Å². The summed E-state index contributed by atoms with van der Waals surface area (Å²) < 4.78 is 56.4. The standard InChI is InChI=1S/C25H15F4N5O.C4H8/c1-11-7-25(11)24(35)34(23(33-25)18-6-12-2-4-17(27)21(29)22(12)32-18)19(8-30)14-9-31-10-15-13(14)3-5-16(26)20(15)28;1-4-2-3-4/h2-6,9-11,19,32H,7H2,1H3;4H,2-3H2,1H3/p+1. The van der Waals surface area contributed by atoms with E-state index in [1.54, 1.807) is 6.07 Å². The summed E-state index contributed by atoms with van der Waals surface area (Å²) in [4.78, 5) is 24.9. The number of carbonyl (C=O) groups is 1. The van der Waals surface area contributed by atoms with E-state index in [0.717, 1.165) is 24.2 Å². The summed E-state index contributed by atoms with van der Waals surface area (Å²) in [5.74, 6) is -3.38. The molecular formula is C29H24F4N5O+. The third-order valence-electron chi connectivity index (χ3n) is 7.84. The maximum atomic E-state index is 14.4. The number of H-pyrrole nitrogens is 1. The minimum atomic E-state index is -1.26. The molecule has 10 heteroatoms. The molecule has 39 heavy (non-hydrogen) atoms. The van der Waals surface area contributed by atoms with E-state index in [1.807, 2.05) is 6.92 Å². The minimum Gasteiger partial charge on any atom is -0.346 e. The number of pyridine rings is 1. The van der Waals surface area contributed by atoms with E-state index in [-0.39, 0.29) is 45.2 Å². The fourth-order valence-corrected chi connectivity index (χ4v) is 5.10. The smallest absolute Gasteiger partial charge is 0.346 e. The summed E-state index contributed by atoms with van der Waals surface area (Å²) in [6.07, 6.45) is 5.97. The predicted molar refractivity (Wildman–Crippen MR) is 135 cm³/mol. The van der Waals surface area contributed by atoms with Gasteiger partial charge in [-0.2, -0.15) is 10.2 Å². The number of nitrogens with one attached hydrogen (secondary N) is 2. The van der Waals surface area contributed by atoms with Crippen molar-refractivity contribution in [2.45, 2.75) is 44.7 Å². The number of benzene rings is 2. The van der Waals surface area contributed by atoms with Crippen LogP contribution in [0.5, 0.6) is 0 Å². The molecule has 2 aliphatic carbocycles. The van der Waals surface area contributed by atoms with Crippen LogP contribution in [0, 0.1) is 46.4 Å². The lowest BCUT2D eigenvalue weighted by atomic mass is 10.00. The van der Waals surface area contributed by atoms with Crippen molar-refractivity contribution in [1.82, 2.24) is 14.9 Å². The van der Waals surface area contributed by atoms with Gasteiger partial charge in [0.25, 0.3) is 0 Å². The quantitative estimate of drug-likeness (QED) is 0.382. The molecule has 0 saturated heterocycles. The minimum absolute atomic E-state index is 0.0370. The van der Waals surface area contributed by atoms with Crippen molar-refractivity contribution >= 4 is 33.4 Å². The van der Waals surface area contributed by atoms with Gasteiger partial charge in [0.15, 0.2) is 23.3 Å². The van der Waals surface area contributed by atoms with Crippen LogP contribution in [0.15, 0.2) is 42.7 Å². The Morgan fingerprint density at radius 3 is 2.38 bits per heavy atom. The van der Waals surface area contributed by atoms with Crippen molar-refractivity contribution in [2.24, 2.45) is 11.8 Å². The highest BCUT2D eigenvalue weighted by Crippen LogP contribution is 2.44. The molecule has 2 N–H and O–H groups in total. The van der Waals surface area contributed by atoms with Gasteiger partial charge in [0, 0.05) is 41.1 Å². The van der Waals surface area contributed by atoms with E-state index in [0.29, 0.717) is 11.8 Å². The molecule has 1 amide bonds. The zero-order valence-corrected chi connectivity index (χ0v) is 21.2. The van der Waals surface area contributed by atoms with Gasteiger partial charge in [-0.3, -0.25) is 9.98 Å². The zero-order chi connectivity index (χ0) is 27.6. The fraction of sp³-hybridized carbons (Fsp3) is 0.310. The van der Waals surface area contributed by atoms with Gasteiger partial charge < -0.3 is 4.98 Å². The predicted octanol–water partition coefficient (Wildman–Crippen LogP) is 4.40. The topological polar surface area (TPSA) is 86.8 Å². The van der Waals surface area contributed by atoms with Crippen molar-refractivity contribution in [3.63, 3.8) is 0 Å². The van der Waals surface area contributed by atoms with Gasteiger partial charge in [-0.05, 0) is 35.6 Å². The number of carbonyl (C=O) groups excluding carboxylic acids is 1. The van der Waals surface area contributed by atoms with Gasteiger partial charge in [-0.25, -0.2) is 22.4 Å². The summed E-state index contributed by atoms with van der Waals surface area (Å²) in [6.45, 7) is 4.16. The highest BCUT2D eigenvalue weighted by Gasteiger charge is 2.70. The molecule has 1 aliphatic heterocycles. The number of aromatic nitrogens is 2. The van der Waals surface area contributed by atoms with Crippen LogP contribution >= 0.6 is 0 Å². The fourth-order valence-electron chi connectivity index (χ4n) is 5.10. The van der Waals surface area contributed by atoms with Gasteiger partial charge in [0.1, 0.15) is 11.8 Å². The van der Waals surface area contributed by atoms with Gasteiger partial charge in [0.2, 0.25) is 11.6 Å². The molecule has 2 aromatic heterocycles. The number of hydrogen-bond acceptors (Lipinski definition) is 3. The second kappa shape index (κ2) is 8.90. The lowest BCUT2D eigenvalue weighted by Crippen LogP contribution is -2.80. The Balaban J connectivity index is 0.000000636. The molecule has 4 aromatic rings. The number of fused-ring (bicyclic) bond motifs is 2. The Kier molecular flexibility index (Phi) is 5.72. The normalized spacial score (nSPS) is 22.6. The van der Waals surface area contributed by atoms with E-state index >= 15 is 0 Å². The molecule has 2 aromatic carbocycles. The highest BCUT2D eigenvalue weighted by atomic mass is 19.2. The number of amides is 1. The molecule has 3 atom stereocenters. The molecule has 3 unspecified atom stereocenters. The van der Waals surface area contributed by atoms with Crippen LogP contribution in [-0.4, -0.2) is 32.1 Å². The van der Waals surface area contributed by atoms with Crippen molar-refractivity contribution in [2.75, 3.05) is 0 Å². The lowest BCUT2D eigenvalue weighted by molar-refractivity contribution is -0.500. The molecule has 7 rings (SSSR count). The van der Waals surface area contributed by atoms with E-state index < -0.39 is 34.8 Å². The molecule has 3 aliphatic rings. The summed E-state index contributed by atoms with van der Waals surface area (Å²) in [7, 11) is 0. The first-order valence-electron chi connectivity index (χ1n) is 12.7. The molecule has 0 bridgehead atoms. The van der Waals surface area contributed by atoms with Crippen LogP contribution in [0.2, 0.25) is 0 Å². The van der Waals surface area contributed by atoms with E-state index in [9.17, 15) is 27.6 Å². The Labute approximate surface area is 221 Å². The summed E-state index contributed by atoms with van der Waals surface area (Å²) in [5, 5.41) is 10.7. The number of halogens is 4. The van der Waals surface area contributed by atoms with Crippen LogP contribution in [0.1, 0.15) is 50.4 Å². The molecule has 0 radical (unpaired) electrons. The monoisotopic (exact) mass is 534 g/mol. The molecule has 198 valence electrons. The third-order valence-corrected chi connectivity index (χ3v) is 7.84. The van der Waals surface area contributed by atoms with Crippen LogP contribution < -0.4 is 4.99 Å². The van der Waals surface area contributed by atoms with Crippen molar-refractivity contribution in [3.8, 4) is 6.07 Å². The van der Waals surface area contributed by atoms with Crippen molar-refractivity contribution in [1.29, 1.82) is 5.26 Å². The number of rotatable bonds is 3. The van der Waals surface area contributed by atoms with Gasteiger partial charge in [-0.1, -0.05) is 32.8 Å². The third kappa shape index (κ3) is 3.95. The summed E-state index contributed by atoms with van der Waals surface area (Å²) in [5.41, 5.74) is -0.542. The molecule has 2 fully saturated rings. The zero-order valence-electron chi connectivity index (χ0n) is 21.2. The molecular weight excluding hydrogens is 510 g/mol. The second-order valence-corrected chi connectivity index (χ2v) is 10.6. The average molecular weight is 535 g/mol. The maximum Gasteiger partial charge on any atom is 0.359 e. The highest BCUT2D eigenvalue weighted by molar-refractivity contribution is 6.12. The first-order chi connectivity index (χ1) is 18.7. The van der Waals surface area contributed by atoms with Crippen LogP contribution in [0.4, 0.5) is 17.6 Å². The van der Waals surface area contributed by atoms with Gasteiger partial charge in [-0.15, -0.1) is 0 Å². The molecule has 3 heterocycles. The number of aromatic amines is 1. The average Bonchev–Trinajstić information content (AvgIpc) is 3.76. The van der Waals surface area contributed by atoms with Crippen LogP contribution in [0.3, 0.4) is 0 Å². The first kappa shape index (κ1) is 25.0. The van der Waals surface area contributed by atoms with E-state index in [4.69, 9.17) is 0 Å². The SMILES string of the molecule is CC1CC1.CC1CC12[NH+]=C(c1cc3ccc(F)c(F)c3[nH]1)N(C(C#N)c1cncc3c(F)c(F)ccc13)C2=O. The maximum absolute atomic E-state index is 14.4. The Hall–Kier alpha value is -4.26. The van der Waals surface area contributed by atoms with Crippen LogP contribution in [-0.2, 0) is 4.79 Å². The Bertz CT molecular complexity index is 1740. The second-order valence-electron chi connectivity index (χ2n) is 10.6. The number of nitrogens with zero attached hydrogens (tertiary/aromatic N) is 3. The number of amidine groups is 1. The number of hydrogen-bond donors (Lipinski definition) is 2. The van der Waals surface area contributed by atoms with Gasteiger partial charge in [0.05, 0.1) is 5.52 Å². The van der Waals surface area contributed by atoms with Crippen molar-refractivity contribution in [3.05, 3.63) is 77.3 Å². The van der Waals surface area contributed by atoms with E-state index in [1.165, 1.54) is 36.1 Å². The Morgan fingerprint density at radius 1 is 1.08 bits per heavy atom. The summed E-state index contributed by atoms with van der Waals surface area (Å²) in [6, 6.07) is 7.07. The molecule has 1 spiro atoms. The van der Waals surface area contributed by atoms with Crippen molar-refractivity contribution < 1.29 is 27.3 Å². The molecule has 2 saturated carbocycles. The Morgan fingerprint density at radius 2 is 1.74 bits per heavy atom. The summed E-state index contributed by atoms with van der Waals surface area (Å²) >= 11 is 0.